The highest BCUT2D eigenvalue weighted by atomic mass is 32.2. The number of nitrogens with zero attached hydrogens (tertiary/aromatic N) is 1. The molecule has 3 rings (SSSR count). The second-order valence-electron chi connectivity index (χ2n) is 3.46. The fourth-order valence-corrected chi connectivity index (χ4v) is 2.17. The molecule has 0 aliphatic heterocycles. The van der Waals surface area contributed by atoms with Crippen molar-refractivity contribution in [3.63, 3.8) is 0 Å². The first-order valence-electron chi connectivity index (χ1n) is 5.79. The number of aromatic amines is 1. The first-order chi connectivity index (χ1) is 8.36. The molecule has 0 spiro atoms. The van der Waals surface area contributed by atoms with Gasteiger partial charge < -0.3 is 4.98 Å². The largest absolute Gasteiger partial charge is 0.333 e. The Morgan fingerprint density at radius 3 is 2.35 bits per heavy atom. The van der Waals surface area contributed by atoms with Gasteiger partial charge in [0.1, 0.15) is 0 Å². The van der Waals surface area contributed by atoms with Crippen LogP contribution in [0.2, 0.25) is 0 Å². The smallest absolute Gasteiger partial charge is 0.166 e. The zero-order valence-corrected chi connectivity index (χ0v) is 11.1. The number of rotatable bonds is 1. The summed E-state index contributed by atoms with van der Waals surface area (Å²) in [4.78, 5) is 7.78. The van der Waals surface area contributed by atoms with E-state index in [1.165, 1.54) is 10.8 Å². The molecule has 0 aliphatic rings. The summed E-state index contributed by atoms with van der Waals surface area (Å²) in [6.45, 7) is 4.00. The molecule has 0 saturated heterocycles. The van der Waals surface area contributed by atoms with Crippen molar-refractivity contribution in [3.05, 3.63) is 36.4 Å². The number of hydrogen-bond donors (Lipinski definition) is 1. The summed E-state index contributed by atoms with van der Waals surface area (Å²) in [6.07, 6.45) is 2.03. The van der Waals surface area contributed by atoms with Crippen molar-refractivity contribution in [2.75, 3.05) is 6.26 Å². The lowest BCUT2D eigenvalue weighted by Gasteiger charge is -1.95. The van der Waals surface area contributed by atoms with Gasteiger partial charge in [0, 0.05) is 0 Å². The number of nitrogens with one attached hydrogen (secondary N) is 1. The minimum Gasteiger partial charge on any atom is -0.333 e. The summed E-state index contributed by atoms with van der Waals surface area (Å²) in [7, 11) is 0. The Bertz CT molecular complexity index is 576. The summed E-state index contributed by atoms with van der Waals surface area (Å²) < 4.78 is 0. The van der Waals surface area contributed by atoms with Crippen LogP contribution in [0.3, 0.4) is 0 Å². The van der Waals surface area contributed by atoms with Crippen LogP contribution in [0.25, 0.3) is 21.8 Å². The molecule has 0 bridgehead atoms. The van der Waals surface area contributed by atoms with Gasteiger partial charge in [-0.25, -0.2) is 4.98 Å². The summed E-state index contributed by atoms with van der Waals surface area (Å²) in [5, 5.41) is 3.46. The van der Waals surface area contributed by atoms with Crippen LogP contribution in [0.4, 0.5) is 0 Å². The van der Waals surface area contributed by atoms with E-state index in [9.17, 15) is 0 Å². The molecule has 0 saturated carbocycles. The summed E-state index contributed by atoms with van der Waals surface area (Å²) in [5.74, 6) is 0. The second-order valence-corrected chi connectivity index (χ2v) is 4.26. The average molecular weight is 244 g/mol. The molecular weight excluding hydrogens is 228 g/mol. The Morgan fingerprint density at radius 1 is 1.06 bits per heavy atom. The van der Waals surface area contributed by atoms with E-state index >= 15 is 0 Å². The molecule has 0 fully saturated rings. The SMILES string of the molecule is CC.CSc1nc2cc3ccccc3cc2[nH]1. The molecule has 1 aromatic heterocycles. The summed E-state index contributed by atoms with van der Waals surface area (Å²) in [6, 6.07) is 12.6. The first kappa shape index (κ1) is 12.0. The number of thioether (sulfide) groups is 1. The number of hydrogen-bond acceptors (Lipinski definition) is 2. The van der Waals surface area contributed by atoms with Gasteiger partial charge in [-0.15, -0.1) is 0 Å². The van der Waals surface area contributed by atoms with E-state index in [0.29, 0.717) is 0 Å². The zero-order chi connectivity index (χ0) is 12.3. The van der Waals surface area contributed by atoms with E-state index in [-0.39, 0.29) is 0 Å². The predicted molar refractivity (Wildman–Crippen MR) is 76.7 cm³/mol. The molecule has 2 aromatic carbocycles. The molecule has 0 unspecified atom stereocenters. The van der Waals surface area contributed by atoms with Crippen LogP contribution in [-0.4, -0.2) is 16.2 Å². The second kappa shape index (κ2) is 5.23. The van der Waals surface area contributed by atoms with E-state index in [0.717, 1.165) is 16.2 Å². The molecule has 2 nitrogen and oxygen atoms in total. The Morgan fingerprint density at radius 2 is 1.71 bits per heavy atom. The van der Waals surface area contributed by atoms with Gasteiger partial charge in [-0.05, 0) is 29.2 Å². The predicted octanol–water partition coefficient (Wildman–Crippen LogP) is 4.46. The highest BCUT2D eigenvalue weighted by Gasteiger charge is 2.02. The highest BCUT2D eigenvalue weighted by molar-refractivity contribution is 7.98. The number of H-pyrrole nitrogens is 1. The van der Waals surface area contributed by atoms with Crippen LogP contribution in [0, 0.1) is 0 Å². The van der Waals surface area contributed by atoms with Crippen LogP contribution in [0.1, 0.15) is 13.8 Å². The third kappa shape index (κ3) is 2.29. The average Bonchev–Trinajstić information content (AvgIpc) is 2.80. The highest BCUT2D eigenvalue weighted by Crippen LogP contribution is 2.23. The third-order valence-corrected chi connectivity index (χ3v) is 3.10. The third-order valence-electron chi connectivity index (χ3n) is 2.52. The molecule has 1 heterocycles. The van der Waals surface area contributed by atoms with Gasteiger partial charge in [0.25, 0.3) is 0 Å². The lowest BCUT2D eigenvalue weighted by molar-refractivity contribution is 1.09. The molecule has 3 heteroatoms. The van der Waals surface area contributed by atoms with Gasteiger partial charge >= 0.3 is 0 Å². The van der Waals surface area contributed by atoms with Crippen molar-refractivity contribution >= 4 is 33.6 Å². The van der Waals surface area contributed by atoms with Crippen molar-refractivity contribution in [2.24, 2.45) is 0 Å². The van der Waals surface area contributed by atoms with Gasteiger partial charge in [0.2, 0.25) is 0 Å². The maximum atomic E-state index is 4.49. The van der Waals surface area contributed by atoms with Crippen molar-refractivity contribution in [2.45, 2.75) is 19.0 Å². The fraction of sp³-hybridized carbons (Fsp3) is 0.214. The maximum Gasteiger partial charge on any atom is 0.166 e. The maximum absolute atomic E-state index is 4.49. The molecule has 0 atom stereocenters. The minimum atomic E-state index is 0.973. The van der Waals surface area contributed by atoms with E-state index in [1.54, 1.807) is 11.8 Å². The molecular formula is C14H16N2S. The van der Waals surface area contributed by atoms with Gasteiger partial charge in [0.15, 0.2) is 5.16 Å². The lowest BCUT2D eigenvalue weighted by atomic mass is 10.1. The van der Waals surface area contributed by atoms with Crippen LogP contribution < -0.4 is 0 Å². The van der Waals surface area contributed by atoms with E-state index < -0.39 is 0 Å². The van der Waals surface area contributed by atoms with Crippen LogP contribution in [0.5, 0.6) is 0 Å². The molecule has 17 heavy (non-hydrogen) atoms. The number of imidazole rings is 1. The first-order valence-corrected chi connectivity index (χ1v) is 7.02. The quantitative estimate of drug-likeness (QED) is 0.640. The number of fused-ring (bicyclic) bond motifs is 2. The van der Waals surface area contributed by atoms with Crippen molar-refractivity contribution in [1.29, 1.82) is 0 Å². The molecule has 0 radical (unpaired) electrons. The van der Waals surface area contributed by atoms with Gasteiger partial charge in [-0.2, -0.15) is 0 Å². The standard InChI is InChI=1S/C12H10N2S.C2H6/c1-15-12-13-10-6-8-4-2-3-5-9(8)7-11(10)14-12;1-2/h2-7H,1H3,(H,13,14);1-2H3. The normalized spacial score (nSPS) is 10.3. The Labute approximate surface area is 105 Å². The molecule has 0 amide bonds. The lowest BCUT2D eigenvalue weighted by Crippen LogP contribution is -1.73. The zero-order valence-electron chi connectivity index (χ0n) is 10.3. The van der Waals surface area contributed by atoms with Gasteiger partial charge in [-0.3, -0.25) is 0 Å². The van der Waals surface area contributed by atoms with Crippen LogP contribution in [0.15, 0.2) is 41.6 Å². The van der Waals surface area contributed by atoms with Crippen molar-refractivity contribution in [1.82, 2.24) is 9.97 Å². The minimum absolute atomic E-state index is 0.973. The van der Waals surface area contributed by atoms with Crippen molar-refractivity contribution < 1.29 is 0 Å². The number of aromatic nitrogens is 2. The van der Waals surface area contributed by atoms with Gasteiger partial charge in [-0.1, -0.05) is 49.9 Å². The Kier molecular flexibility index (Phi) is 3.69. The fourth-order valence-electron chi connectivity index (χ4n) is 1.77. The Balaban J connectivity index is 0.000000514. The summed E-state index contributed by atoms with van der Waals surface area (Å²) in [5.41, 5.74) is 2.15. The van der Waals surface area contributed by atoms with E-state index in [1.807, 2.05) is 20.1 Å². The van der Waals surface area contributed by atoms with Crippen LogP contribution >= 0.6 is 11.8 Å². The Hall–Kier alpha value is -1.48. The van der Waals surface area contributed by atoms with E-state index in [4.69, 9.17) is 0 Å². The molecule has 1 N–H and O–H groups in total. The number of benzene rings is 2. The molecule has 3 aromatic rings. The van der Waals surface area contributed by atoms with Crippen molar-refractivity contribution in [3.8, 4) is 0 Å². The monoisotopic (exact) mass is 244 g/mol. The van der Waals surface area contributed by atoms with Crippen LogP contribution in [-0.2, 0) is 0 Å². The van der Waals surface area contributed by atoms with E-state index in [2.05, 4.69) is 46.4 Å². The molecule has 88 valence electrons. The summed E-state index contributed by atoms with van der Waals surface area (Å²) >= 11 is 1.63. The van der Waals surface area contributed by atoms with Gasteiger partial charge in [0.05, 0.1) is 11.0 Å². The molecule has 0 aliphatic carbocycles. The topological polar surface area (TPSA) is 28.7 Å².